The Labute approximate surface area is 114 Å². The molecule has 0 N–H and O–H groups in total. The van der Waals surface area contributed by atoms with Crippen molar-refractivity contribution >= 4 is 17.2 Å². The summed E-state index contributed by atoms with van der Waals surface area (Å²) in [6.07, 6.45) is 3.17. The van der Waals surface area contributed by atoms with Crippen LogP contribution in [0.3, 0.4) is 0 Å². The summed E-state index contributed by atoms with van der Waals surface area (Å²) in [5.74, 6) is 0. The number of rotatable bonds is 1. The fraction of sp³-hybridized carbons (Fsp3) is 0.0769. The highest BCUT2D eigenvalue weighted by Crippen LogP contribution is 2.29. The molecular formula is C13H8ClN5. The molecule has 6 heteroatoms. The van der Waals surface area contributed by atoms with E-state index in [1.54, 1.807) is 10.7 Å². The number of aromatic nitrogens is 4. The van der Waals surface area contributed by atoms with Gasteiger partial charge in [0.2, 0.25) is 0 Å². The molecule has 0 bridgehead atoms. The molecule has 0 saturated carbocycles. The molecule has 0 unspecified atom stereocenters. The van der Waals surface area contributed by atoms with Gasteiger partial charge in [0.05, 0.1) is 23.1 Å². The third kappa shape index (κ3) is 1.74. The number of halogens is 1. The maximum atomic E-state index is 8.99. The Morgan fingerprint density at radius 2 is 2.21 bits per heavy atom. The summed E-state index contributed by atoms with van der Waals surface area (Å²) in [4.78, 5) is 8.52. The van der Waals surface area contributed by atoms with E-state index in [2.05, 4.69) is 15.1 Å². The molecular weight excluding hydrogens is 262 g/mol. The summed E-state index contributed by atoms with van der Waals surface area (Å²) >= 11 is 6.23. The van der Waals surface area contributed by atoms with Crippen LogP contribution in [-0.2, 0) is 0 Å². The second-order valence-electron chi connectivity index (χ2n) is 3.98. The normalized spacial score (nSPS) is 10.6. The van der Waals surface area contributed by atoms with Gasteiger partial charge in [-0.15, -0.1) is 0 Å². The van der Waals surface area contributed by atoms with Gasteiger partial charge >= 0.3 is 0 Å². The number of hydrogen-bond acceptors (Lipinski definition) is 4. The maximum Gasteiger partial charge on any atom is 0.174 e. The summed E-state index contributed by atoms with van der Waals surface area (Å²) in [5, 5.41) is 13.5. The lowest BCUT2D eigenvalue weighted by Gasteiger charge is -2.08. The lowest BCUT2D eigenvalue weighted by molar-refractivity contribution is 0.896. The van der Waals surface area contributed by atoms with Gasteiger partial charge in [-0.05, 0) is 19.1 Å². The van der Waals surface area contributed by atoms with Gasteiger partial charge in [0.25, 0.3) is 0 Å². The van der Waals surface area contributed by atoms with Gasteiger partial charge < -0.3 is 0 Å². The molecule has 0 amide bonds. The van der Waals surface area contributed by atoms with E-state index in [4.69, 9.17) is 16.9 Å². The third-order valence-electron chi connectivity index (χ3n) is 2.88. The molecule has 0 fully saturated rings. The standard InChI is InChI=1S/C13H8ClN5/c1-8-11(10-4-2-3-5-16-10)12(14)18-13-9(6-15)7-17-19(8)13/h2-5,7H,1H3. The van der Waals surface area contributed by atoms with Crippen molar-refractivity contribution in [2.45, 2.75) is 6.92 Å². The topological polar surface area (TPSA) is 66.9 Å². The van der Waals surface area contributed by atoms with Crippen LogP contribution in [0.25, 0.3) is 16.9 Å². The quantitative estimate of drug-likeness (QED) is 0.637. The number of nitrogens with zero attached hydrogens (tertiary/aromatic N) is 5. The first-order valence-corrected chi connectivity index (χ1v) is 5.95. The predicted molar refractivity (Wildman–Crippen MR) is 70.7 cm³/mol. The Balaban J connectivity index is 2.37. The predicted octanol–water partition coefficient (Wildman–Crippen LogP) is 2.62. The molecule has 3 aromatic heterocycles. The Bertz CT molecular complexity index is 801. The lowest BCUT2D eigenvalue weighted by atomic mass is 10.1. The van der Waals surface area contributed by atoms with Crippen LogP contribution in [0.2, 0.25) is 5.15 Å². The van der Waals surface area contributed by atoms with Crippen LogP contribution in [0.5, 0.6) is 0 Å². The maximum absolute atomic E-state index is 8.99. The Hall–Kier alpha value is -2.45. The fourth-order valence-corrected chi connectivity index (χ4v) is 2.29. The van der Waals surface area contributed by atoms with Gasteiger partial charge in [-0.1, -0.05) is 17.7 Å². The van der Waals surface area contributed by atoms with E-state index in [0.717, 1.165) is 17.0 Å². The summed E-state index contributed by atoms with van der Waals surface area (Å²) in [5.41, 5.74) is 3.12. The molecule has 0 atom stereocenters. The van der Waals surface area contributed by atoms with E-state index in [-0.39, 0.29) is 0 Å². The van der Waals surface area contributed by atoms with Crippen molar-refractivity contribution < 1.29 is 0 Å². The first-order chi connectivity index (χ1) is 9.22. The molecule has 5 nitrogen and oxygen atoms in total. The molecule has 0 saturated heterocycles. The van der Waals surface area contributed by atoms with Gasteiger partial charge in [0, 0.05) is 6.20 Å². The average Bonchev–Trinajstić information content (AvgIpc) is 2.83. The Morgan fingerprint density at radius 1 is 1.37 bits per heavy atom. The van der Waals surface area contributed by atoms with Crippen LogP contribution in [0, 0.1) is 18.3 Å². The van der Waals surface area contributed by atoms with E-state index in [1.165, 1.54) is 6.20 Å². The van der Waals surface area contributed by atoms with Crippen LogP contribution in [0.4, 0.5) is 0 Å². The molecule has 3 rings (SSSR count). The van der Waals surface area contributed by atoms with Crippen LogP contribution >= 0.6 is 11.6 Å². The van der Waals surface area contributed by atoms with E-state index in [0.29, 0.717) is 16.4 Å². The monoisotopic (exact) mass is 269 g/mol. The van der Waals surface area contributed by atoms with Crippen LogP contribution in [-0.4, -0.2) is 19.6 Å². The van der Waals surface area contributed by atoms with Crippen LogP contribution in [0.15, 0.2) is 30.6 Å². The van der Waals surface area contributed by atoms with Crippen molar-refractivity contribution in [3.05, 3.63) is 47.0 Å². The number of aryl methyl sites for hydroxylation is 1. The van der Waals surface area contributed by atoms with Crippen molar-refractivity contribution in [2.75, 3.05) is 0 Å². The van der Waals surface area contributed by atoms with Crippen LogP contribution < -0.4 is 0 Å². The highest BCUT2D eigenvalue weighted by molar-refractivity contribution is 6.32. The molecule has 3 heterocycles. The zero-order valence-electron chi connectivity index (χ0n) is 10.0. The van der Waals surface area contributed by atoms with Crippen LogP contribution in [0.1, 0.15) is 11.3 Å². The SMILES string of the molecule is Cc1c(-c2ccccn2)c(Cl)nc2c(C#N)cnn12. The average molecular weight is 270 g/mol. The van der Waals surface area contributed by atoms with Crippen molar-refractivity contribution in [2.24, 2.45) is 0 Å². The summed E-state index contributed by atoms with van der Waals surface area (Å²) in [6.45, 7) is 1.87. The van der Waals surface area contributed by atoms with Gasteiger partial charge in [-0.2, -0.15) is 10.4 Å². The molecule has 0 aliphatic heterocycles. The number of nitriles is 1. The highest BCUT2D eigenvalue weighted by atomic mass is 35.5. The zero-order chi connectivity index (χ0) is 13.4. The lowest BCUT2D eigenvalue weighted by Crippen LogP contribution is -2.01. The largest absolute Gasteiger partial charge is 0.256 e. The van der Waals surface area contributed by atoms with Crippen molar-refractivity contribution in [3.8, 4) is 17.3 Å². The molecule has 92 valence electrons. The van der Waals surface area contributed by atoms with Crippen molar-refractivity contribution in [1.82, 2.24) is 19.6 Å². The molecule has 3 aromatic rings. The molecule has 19 heavy (non-hydrogen) atoms. The minimum Gasteiger partial charge on any atom is -0.256 e. The number of pyridine rings is 1. The zero-order valence-corrected chi connectivity index (χ0v) is 10.8. The van der Waals surface area contributed by atoms with E-state index < -0.39 is 0 Å². The van der Waals surface area contributed by atoms with E-state index in [9.17, 15) is 0 Å². The van der Waals surface area contributed by atoms with Gasteiger partial charge in [-0.3, -0.25) is 4.98 Å². The smallest absolute Gasteiger partial charge is 0.174 e. The van der Waals surface area contributed by atoms with Crippen molar-refractivity contribution in [1.29, 1.82) is 5.26 Å². The number of fused-ring (bicyclic) bond motifs is 1. The summed E-state index contributed by atoms with van der Waals surface area (Å²) in [6, 6.07) is 7.62. The Kier molecular flexibility index (Phi) is 2.65. The Morgan fingerprint density at radius 3 is 2.89 bits per heavy atom. The highest BCUT2D eigenvalue weighted by Gasteiger charge is 2.16. The van der Waals surface area contributed by atoms with Gasteiger partial charge in [-0.25, -0.2) is 9.50 Å². The van der Waals surface area contributed by atoms with Crippen molar-refractivity contribution in [3.63, 3.8) is 0 Å². The fourth-order valence-electron chi connectivity index (χ4n) is 1.98. The minimum atomic E-state index is 0.320. The summed E-state index contributed by atoms with van der Waals surface area (Å²) < 4.78 is 1.61. The number of hydrogen-bond donors (Lipinski definition) is 0. The molecule has 0 radical (unpaired) electrons. The summed E-state index contributed by atoms with van der Waals surface area (Å²) in [7, 11) is 0. The first kappa shape index (κ1) is 11.6. The van der Waals surface area contributed by atoms with Gasteiger partial charge in [0.15, 0.2) is 5.65 Å². The molecule has 0 aromatic carbocycles. The molecule has 0 aliphatic carbocycles. The van der Waals surface area contributed by atoms with E-state index in [1.807, 2.05) is 31.2 Å². The minimum absolute atomic E-state index is 0.320. The molecule has 0 aliphatic rings. The van der Waals surface area contributed by atoms with Gasteiger partial charge in [0.1, 0.15) is 16.8 Å². The third-order valence-corrected chi connectivity index (χ3v) is 3.15. The van der Waals surface area contributed by atoms with E-state index >= 15 is 0 Å². The second kappa shape index (κ2) is 4.34. The second-order valence-corrected chi connectivity index (χ2v) is 4.34. The molecule has 0 spiro atoms. The first-order valence-electron chi connectivity index (χ1n) is 5.57.